The number of nitrogens with zero attached hydrogens (tertiary/aromatic N) is 1. The molecule has 1 aliphatic carbocycles. The van der Waals surface area contributed by atoms with E-state index < -0.39 is 0 Å². The summed E-state index contributed by atoms with van der Waals surface area (Å²) in [5.74, 6) is 0.687. The molecule has 1 aromatic carbocycles. The van der Waals surface area contributed by atoms with Gasteiger partial charge in [-0.15, -0.1) is 0 Å². The Hall–Kier alpha value is -1.13. The average Bonchev–Trinajstić information content (AvgIpc) is 3.10. The van der Waals surface area contributed by atoms with E-state index in [1.165, 1.54) is 24.0 Å². The third-order valence-corrected chi connectivity index (χ3v) is 4.34. The van der Waals surface area contributed by atoms with Gasteiger partial charge in [-0.3, -0.25) is 5.01 Å². The third kappa shape index (κ3) is 1.89. The van der Waals surface area contributed by atoms with Crippen LogP contribution in [-0.2, 0) is 0 Å². The van der Waals surface area contributed by atoms with E-state index in [0.717, 1.165) is 10.8 Å². The van der Waals surface area contributed by atoms with Crippen LogP contribution >= 0.6 is 12.2 Å². The lowest BCUT2D eigenvalue weighted by atomic mass is 10.1. The van der Waals surface area contributed by atoms with Gasteiger partial charge in [0.2, 0.25) is 0 Å². The molecule has 4 heteroatoms. The van der Waals surface area contributed by atoms with Gasteiger partial charge in [0, 0.05) is 0 Å². The van der Waals surface area contributed by atoms with Gasteiger partial charge in [0.25, 0.3) is 0 Å². The van der Waals surface area contributed by atoms with E-state index >= 15 is 0 Å². The Labute approximate surface area is 114 Å². The van der Waals surface area contributed by atoms with Crippen LogP contribution in [0.25, 0.3) is 0 Å². The molecule has 1 unspecified atom stereocenters. The molecule has 0 radical (unpaired) electrons. The molecule has 1 saturated carbocycles. The number of nitrogens with one attached hydrogen (secondary N) is 2. The first-order chi connectivity index (χ1) is 8.49. The topological polar surface area (TPSA) is 27.3 Å². The molecule has 2 aliphatic rings. The Kier molecular flexibility index (Phi) is 2.61. The normalized spacial score (nSPS) is 27.5. The van der Waals surface area contributed by atoms with Crippen LogP contribution < -0.4 is 15.8 Å². The molecular formula is C14H19N3S. The highest BCUT2D eigenvalue weighted by molar-refractivity contribution is 7.80. The zero-order valence-corrected chi connectivity index (χ0v) is 11.9. The van der Waals surface area contributed by atoms with Crippen LogP contribution in [0.2, 0.25) is 0 Å². The van der Waals surface area contributed by atoms with Crippen LogP contribution in [0.4, 0.5) is 5.69 Å². The maximum absolute atomic E-state index is 5.45. The average molecular weight is 261 g/mol. The van der Waals surface area contributed by atoms with Crippen molar-refractivity contribution >= 4 is 23.0 Å². The van der Waals surface area contributed by atoms with E-state index in [1.807, 2.05) is 5.01 Å². The van der Waals surface area contributed by atoms with Crippen molar-refractivity contribution in [3.05, 3.63) is 29.3 Å². The second kappa shape index (κ2) is 3.93. The van der Waals surface area contributed by atoms with Gasteiger partial charge in [0.1, 0.15) is 5.66 Å². The monoisotopic (exact) mass is 261 g/mol. The summed E-state index contributed by atoms with van der Waals surface area (Å²) in [4.78, 5) is 0. The summed E-state index contributed by atoms with van der Waals surface area (Å²) < 4.78 is 0. The summed E-state index contributed by atoms with van der Waals surface area (Å²) in [5, 5.41) is 6.19. The molecule has 1 atom stereocenters. The molecule has 0 aromatic heterocycles. The van der Waals surface area contributed by atoms with Gasteiger partial charge < -0.3 is 5.32 Å². The molecule has 1 heterocycles. The Bertz CT molecular complexity index is 510. The zero-order chi connectivity index (χ0) is 12.9. The lowest BCUT2D eigenvalue weighted by Gasteiger charge is -2.25. The van der Waals surface area contributed by atoms with Crippen molar-refractivity contribution in [2.24, 2.45) is 5.92 Å². The van der Waals surface area contributed by atoms with E-state index in [9.17, 15) is 0 Å². The number of hydrazine groups is 1. The summed E-state index contributed by atoms with van der Waals surface area (Å²) >= 11 is 5.45. The highest BCUT2D eigenvalue weighted by Gasteiger charge is 2.47. The summed E-state index contributed by atoms with van der Waals surface area (Å²) in [7, 11) is 0. The number of rotatable bonds is 2. The zero-order valence-electron chi connectivity index (χ0n) is 11.1. The lowest BCUT2D eigenvalue weighted by molar-refractivity contribution is 0.325. The van der Waals surface area contributed by atoms with Crippen molar-refractivity contribution in [1.29, 1.82) is 0 Å². The number of anilines is 1. The molecule has 3 nitrogen and oxygen atoms in total. The van der Waals surface area contributed by atoms with Crippen molar-refractivity contribution in [3.8, 4) is 0 Å². The van der Waals surface area contributed by atoms with Gasteiger partial charge in [0.05, 0.1) is 5.69 Å². The van der Waals surface area contributed by atoms with Crippen molar-refractivity contribution in [2.75, 3.05) is 5.01 Å². The van der Waals surface area contributed by atoms with Crippen molar-refractivity contribution in [1.82, 2.24) is 10.7 Å². The van der Waals surface area contributed by atoms with Crippen LogP contribution in [0.1, 0.15) is 30.9 Å². The summed E-state index contributed by atoms with van der Waals surface area (Å²) in [6.45, 7) is 6.45. The maximum atomic E-state index is 5.45. The standard InChI is InChI=1S/C14H19N3S/c1-9-4-7-12(8-10(9)2)17-13(18)15-14(3,16-17)11-5-6-11/h4,7-8,11,16H,5-6H2,1-3H3,(H,15,18). The van der Waals surface area contributed by atoms with E-state index in [4.69, 9.17) is 12.2 Å². The third-order valence-electron chi connectivity index (χ3n) is 4.06. The molecule has 1 saturated heterocycles. The van der Waals surface area contributed by atoms with Crippen molar-refractivity contribution < 1.29 is 0 Å². The van der Waals surface area contributed by atoms with Crippen LogP contribution in [0, 0.1) is 19.8 Å². The summed E-state index contributed by atoms with van der Waals surface area (Å²) in [6.07, 6.45) is 2.56. The van der Waals surface area contributed by atoms with Crippen molar-refractivity contribution in [3.63, 3.8) is 0 Å². The number of hydrogen-bond acceptors (Lipinski definition) is 2. The molecule has 96 valence electrons. The lowest BCUT2D eigenvalue weighted by Crippen LogP contribution is -2.50. The Morgan fingerprint density at radius 2 is 2.00 bits per heavy atom. The molecule has 1 aromatic rings. The molecule has 18 heavy (non-hydrogen) atoms. The predicted molar refractivity (Wildman–Crippen MR) is 78.4 cm³/mol. The quantitative estimate of drug-likeness (QED) is 0.800. The SMILES string of the molecule is Cc1ccc(N2NC(C)(C3CC3)NC2=S)cc1C. The molecule has 3 rings (SSSR count). The minimum atomic E-state index is -0.0735. The van der Waals surface area contributed by atoms with Crippen LogP contribution in [0.15, 0.2) is 18.2 Å². The second-order valence-corrected chi connectivity index (χ2v) is 6.01. The van der Waals surface area contributed by atoms with Crippen LogP contribution in [0.3, 0.4) is 0 Å². The summed E-state index contributed by atoms with van der Waals surface area (Å²) in [6, 6.07) is 6.43. The highest BCUT2D eigenvalue weighted by Crippen LogP contribution is 2.40. The van der Waals surface area contributed by atoms with Gasteiger partial charge in [-0.1, -0.05) is 6.07 Å². The minimum Gasteiger partial charge on any atom is -0.342 e. The molecule has 0 bridgehead atoms. The first-order valence-electron chi connectivity index (χ1n) is 6.47. The Morgan fingerprint density at radius 1 is 1.28 bits per heavy atom. The fraction of sp³-hybridized carbons (Fsp3) is 0.500. The van der Waals surface area contributed by atoms with Gasteiger partial charge in [-0.2, -0.15) is 0 Å². The van der Waals surface area contributed by atoms with E-state index in [1.54, 1.807) is 0 Å². The first-order valence-corrected chi connectivity index (χ1v) is 6.88. The van der Waals surface area contributed by atoms with E-state index in [2.05, 4.69) is 49.7 Å². The van der Waals surface area contributed by atoms with Crippen LogP contribution in [0.5, 0.6) is 0 Å². The van der Waals surface area contributed by atoms with Gasteiger partial charge in [-0.25, -0.2) is 5.43 Å². The predicted octanol–water partition coefficient (Wildman–Crippen LogP) is 2.63. The second-order valence-electron chi connectivity index (χ2n) is 5.62. The molecular weight excluding hydrogens is 242 g/mol. The van der Waals surface area contributed by atoms with E-state index in [-0.39, 0.29) is 5.66 Å². The van der Waals surface area contributed by atoms with Gasteiger partial charge >= 0.3 is 0 Å². The number of aryl methyl sites for hydroxylation is 2. The smallest absolute Gasteiger partial charge is 0.189 e. The van der Waals surface area contributed by atoms with Gasteiger partial charge in [-0.05, 0) is 75.0 Å². The molecule has 0 amide bonds. The van der Waals surface area contributed by atoms with E-state index in [0.29, 0.717) is 5.92 Å². The number of benzene rings is 1. The van der Waals surface area contributed by atoms with Crippen LogP contribution in [-0.4, -0.2) is 10.8 Å². The fourth-order valence-corrected chi connectivity index (χ4v) is 2.85. The highest BCUT2D eigenvalue weighted by atomic mass is 32.1. The summed E-state index contributed by atoms with van der Waals surface area (Å²) in [5.41, 5.74) is 7.16. The van der Waals surface area contributed by atoms with Crippen molar-refractivity contribution in [2.45, 2.75) is 39.3 Å². The molecule has 0 spiro atoms. The Balaban J connectivity index is 1.88. The number of hydrogen-bond donors (Lipinski definition) is 2. The first kappa shape index (κ1) is 11.9. The fourth-order valence-electron chi connectivity index (χ4n) is 2.49. The minimum absolute atomic E-state index is 0.0735. The molecule has 2 N–H and O–H groups in total. The number of thiocarbonyl (C=S) groups is 1. The largest absolute Gasteiger partial charge is 0.342 e. The molecule has 1 aliphatic heterocycles. The van der Waals surface area contributed by atoms with Gasteiger partial charge in [0.15, 0.2) is 5.11 Å². The Morgan fingerprint density at radius 3 is 2.61 bits per heavy atom. The maximum Gasteiger partial charge on any atom is 0.189 e. The molecule has 2 fully saturated rings.